The molecular formula is C12H15F4NO3S. The third-order valence-corrected chi connectivity index (χ3v) is 4.72. The van der Waals surface area contributed by atoms with E-state index in [9.17, 15) is 26.0 Å². The minimum Gasteiger partial charge on any atom is -0.392 e. The molecule has 1 rings (SSSR count). The van der Waals surface area contributed by atoms with Crippen LogP contribution < -0.4 is 0 Å². The monoisotopic (exact) mass is 329 g/mol. The van der Waals surface area contributed by atoms with E-state index in [1.807, 2.05) is 0 Å². The standard InChI is InChI=1S/C12H15F4NO3S/c1-3-17(7-12(14,15)16)21(19,20)10-4-8(2)11(13)9(5-10)6-18/h4-5,18H,3,6-7H2,1-2H3. The summed E-state index contributed by atoms with van der Waals surface area (Å²) in [6.07, 6.45) is -4.68. The van der Waals surface area contributed by atoms with Crippen molar-refractivity contribution < 1.29 is 31.1 Å². The molecule has 0 spiro atoms. The van der Waals surface area contributed by atoms with Crippen molar-refractivity contribution in [2.75, 3.05) is 13.1 Å². The molecule has 0 fully saturated rings. The number of hydrogen-bond donors (Lipinski definition) is 1. The molecule has 0 aliphatic heterocycles. The Hall–Kier alpha value is -1.19. The van der Waals surface area contributed by atoms with Crippen LogP contribution in [0.3, 0.4) is 0 Å². The topological polar surface area (TPSA) is 57.6 Å². The highest BCUT2D eigenvalue weighted by Crippen LogP contribution is 2.25. The average molecular weight is 329 g/mol. The quantitative estimate of drug-likeness (QED) is 0.843. The van der Waals surface area contributed by atoms with Crippen LogP contribution in [0.15, 0.2) is 17.0 Å². The van der Waals surface area contributed by atoms with E-state index in [1.165, 1.54) is 13.8 Å². The first-order chi connectivity index (χ1) is 9.52. The second-order valence-corrected chi connectivity index (χ2v) is 6.36. The zero-order valence-electron chi connectivity index (χ0n) is 11.4. The molecule has 0 aliphatic rings. The average Bonchev–Trinajstić information content (AvgIpc) is 2.37. The van der Waals surface area contributed by atoms with Gasteiger partial charge in [-0.05, 0) is 24.6 Å². The normalized spacial score (nSPS) is 13.0. The van der Waals surface area contributed by atoms with Crippen molar-refractivity contribution in [3.63, 3.8) is 0 Å². The van der Waals surface area contributed by atoms with Gasteiger partial charge in [-0.3, -0.25) is 0 Å². The van der Waals surface area contributed by atoms with E-state index >= 15 is 0 Å². The molecule has 0 saturated carbocycles. The predicted octanol–water partition coefficient (Wildman–Crippen LogP) is 2.20. The third-order valence-electron chi connectivity index (χ3n) is 2.82. The number of sulfonamides is 1. The maximum atomic E-state index is 13.6. The molecule has 0 atom stereocenters. The minimum atomic E-state index is -4.68. The molecule has 0 radical (unpaired) electrons. The van der Waals surface area contributed by atoms with E-state index in [4.69, 9.17) is 5.11 Å². The number of benzene rings is 1. The Morgan fingerprint density at radius 2 is 1.86 bits per heavy atom. The fourth-order valence-electron chi connectivity index (χ4n) is 1.79. The van der Waals surface area contributed by atoms with Crippen LogP contribution in [-0.2, 0) is 16.6 Å². The van der Waals surface area contributed by atoms with Gasteiger partial charge < -0.3 is 5.11 Å². The Morgan fingerprint density at radius 1 is 1.29 bits per heavy atom. The van der Waals surface area contributed by atoms with Gasteiger partial charge >= 0.3 is 6.18 Å². The lowest BCUT2D eigenvalue weighted by molar-refractivity contribution is -0.135. The van der Waals surface area contributed by atoms with Gasteiger partial charge in [0.2, 0.25) is 10.0 Å². The number of nitrogens with zero attached hydrogens (tertiary/aromatic N) is 1. The Balaban J connectivity index is 3.32. The van der Waals surface area contributed by atoms with Gasteiger partial charge in [-0.2, -0.15) is 17.5 Å². The summed E-state index contributed by atoms with van der Waals surface area (Å²) < 4.78 is 75.5. The van der Waals surface area contributed by atoms with E-state index in [2.05, 4.69) is 0 Å². The number of hydrogen-bond acceptors (Lipinski definition) is 3. The predicted molar refractivity (Wildman–Crippen MR) is 67.5 cm³/mol. The fraction of sp³-hybridized carbons (Fsp3) is 0.500. The van der Waals surface area contributed by atoms with E-state index < -0.39 is 40.1 Å². The lowest BCUT2D eigenvalue weighted by Crippen LogP contribution is -2.38. The summed E-state index contributed by atoms with van der Waals surface area (Å²) >= 11 is 0. The first-order valence-corrected chi connectivity index (χ1v) is 7.43. The van der Waals surface area contributed by atoms with Crippen LogP contribution in [0.5, 0.6) is 0 Å². The zero-order valence-corrected chi connectivity index (χ0v) is 12.2. The molecule has 120 valence electrons. The van der Waals surface area contributed by atoms with Crippen LogP contribution >= 0.6 is 0 Å². The van der Waals surface area contributed by atoms with Crippen LogP contribution in [0.4, 0.5) is 17.6 Å². The van der Waals surface area contributed by atoms with Crippen LogP contribution in [0, 0.1) is 12.7 Å². The summed E-state index contributed by atoms with van der Waals surface area (Å²) in [6, 6.07) is 1.79. The molecule has 0 aliphatic carbocycles. The maximum Gasteiger partial charge on any atom is 0.402 e. The smallest absolute Gasteiger partial charge is 0.392 e. The molecule has 0 unspecified atom stereocenters. The molecule has 1 aromatic rings. The molecule has 1 aromatic carbocycles. The summed E-state index contributed by atoms with van der Waals surface area (Å²) in [5.41, 5.74) is -0.347. The number of rotatable bonds is 5. The number of aryl methyl sites for hydroxylation is 1. The summed E-state index contributed by atoms with van der Waals surface area (Å²) in [5.74, 6) is -0.782. The molecule has 0 bridgehead atoms. The van der Waals surface area contributed by atoms with Crippen molar-refractivity contribution in [1.82, 2.24) is 4.31 Å². The van der Waals surface area contributed by atoms with Gasteiger partial charge in [-0.25, -0.2) is 12.8 Å². The Morgan fingerprint density at radius 3 is 2.29 bits per heavy atom. The van der Waals surface area contributed by atoms with Crippen molar-refractivity contribution in [2.45, 2.75) is 31.5 Å². The van der Waals surface area contributed by atoms with Gasteiger partial charge in [0.1, 0.15) is 12.4 Å². The first kappa shape index (κ1) is 17.9. The molecule has 0 aromatic heterocycles. The van der Waals surface area contributed by atoms with Gasteiger partial charge in [-0.1, -0.05) is 6.92 Å². The molecule has 4 nitrogen and oxygen atoms in total. The highest BCUT2D eigenvalue weighted by molar-refractivity contribution is 7.89. The van der Waals surface area contributed by atoms with Crippen molar-refractivity contribution in [2.24, 2.45) is 0 Å². The number of alkyl halides is 3. The lowest BCUT2D eigenvalue weighted by atomic mass is 10.1. The highest BCUT2D eigenvalue weighted by atomic mass is 32.2. The van der Waals surface area contributed by atoms with Crippen molar-refractivity contribution in [1.29, 1.82) is 0 Å². The number of aliphatic hydroxyl groups excluding tert-OH is 1. The largest absolute Gasteiger partial charge is 0.402 e. The lowest BCUT2D eigenvalue weighted by Gasteiger charge is -2.22. The van der Waals surface area contributed by atoms with Crippen LogP contribution in [-0.4, -0.2) is 37.1 Å². The third kappa shape index (κ3) is 4.14. The van der Waals surface area contributed by atoms with Gasteiger partial charge in [0.25, 0.3) is 0 Å². The first-order valence-electron chi connectivity index (χ1n) is 5.99. The van der Waals surface area contributed by atoms with Gasteiger partial charge in [0.15, 0.2) is 0 Å². The second-order valence-electron chi connectivity index (χ2n) is 4.42. The summed E-state index contributed by atoms with van der Waals surface area (Å²) in [4.78, 5) is -0.475. The summed E-state index contributed by atoms with van der Waals surface area (Å²) in [5, 5.41) is 8.99. The molecule has 9 heteroatoms. The maximum absolute atomic E-state index is 13.6. The van der Waals surface area contributed by atoms with Crippen LogP contribution in [0.1, 0.15) is 18.1 Å². The van der Waals surface area contributed by atoms with E-state index in [0.717, 1.165) is 12.1 Å². The molecule has 0 saturated heterocycles. The molecule has 21 heavy (non-hydrogen) atoms. The molecular weight excluding hydrogens is 314 g/mol. The molecule has 1 N–H and O–H groups in total. The van der Waals surface area contributed by atoms with E-state index in [0.29, 0.717) is 0 Å². The fourth-order valence-corrected chi connectivity index (χ4v) is 3.36. The second kappa shape index (κ2) is 6.29. The highest BCUT2D eigenvalue weighted by Gasteiger charge is 2.36. The van der Waals surface area contributed by atoms with Gasteiger partial charge in [0.05, 0.1) is 11.5 Å². The molecule has 0 heterocycles. The van der Waals surface area contributed by atoms with Crippen LogP contribution in [0.25, 0.3) is 0 Å². The van der Waals surface area contributed by atoms with Crippen molar-refractivity contribution >= 4 is 10.0 Å². The minimum absolute atomic E-state index is 0.0665. The Bertz CT molecular complexity index is 614. The number of aliphatic hydroxyl groups is 1. The SMILES string of the molecule is CCN(CC(F)(F)F)S(=O)(=O)c1cc(C)c(F)c(CO)c1. The summed E-state index contributed by atoms with van der Waals surface area (Å²) in [7, 11) is -4.42. The Labute approximate surface area is 120 Å². The van der Waals surface area contributed by atoms with Crippen molar-refractivity contribution in [3.05, 3.63) is 29.1 Å². The van der Waals surface area contributed by atoms with E-state index in [1.54, 1.807) is 0 Å². The summed E-state index contributed by atoms with van der Waals surface area (Å²) in [6.45, 7) is -0.217. The molecule has 0 amide bonds. The van der Waals surface area contributed by atoms with Crippen molar-refractivity contribution in [3.8, 4) is 0 Å². The van der Waals surface area contributed by atoms with Gasteiger partial charge in [0, 0.05) is 12.1 Å². The van der Waals surface area contributed by atoms with Crippen LogP contribution in [0.2, 0.25) is 0 Å². The van der Waals surface area contributed by atoms with Gasteiger partial charge in [-0.15, -0.1) is 0 Å². The Kier molecular flexibility index (Phi) is 5.35. The van der Waals surface area contributed by atoms with E-state index in [-0.39, 0.29) is 22.0 Å². The zero-order chi connectivity index (χ0) is 16.4. The number of halogens is 4.